The molecule has 4 rings (SSSR count). The minimum atomic E-state index is -4.70. The van der Waals surface area contributed by atoms with E-state index >= 15 is 0 Å². The molecule has 2 aromatic rings. The van der Waals surface area contributed by atoms with Crippen LogP contribution in [0.3, 0.4) is 0 Å². The Labute approximate surface area is 147 Å². The molecule has 1 amide bonds. The summed E-state index contributed by atoms with van der Waals surface area (Å²) in [5, 5.41) is 3.37. The van der Waals surface area contributed by atoms with E-state index in [0.29, 0.717) is 17.7 Å². The molecule has 2 heterocycles. The van der Waals surface area contributed by atoms with Crippen LogP contribution in [-0.4, -0.2) is 33.0 Å². The molecule has 1 aromatic heterocycles. The summed E-state index contributed by atoms with van der Waals surface area (Å²) in [6, 6.07) is 4.79. The Morgan fingerprint density at radius 3 is 2.69 bits per heavy atom. The Hall–Kier alpha value is -2.42. The van der Waals surface area contributed by atoms with E-state index in [9.17, 15) is 18.0 Å². The first-order chi connectivity index (χ1) is 12.3. The predicted molar refractivity (Wildman–Crippen MR) is 84.8 cm³/mol. The van der Waals surface area contributed by atoms with Crippen molar-refractivity contribution in [3.63, 3.8) is 0 Å². The number of alkyl halides is 3. The van der Waals surface area contributed by atoms with Crippen LogP contribution in [0.15, 0.2) is 22.7 Å². The molecule has 1 aliphatic heterocycles. The molecule has 2 atom stereocenters. The number of amides is 1. The van der Waals surface area contributed by atoms with E-state index in [-0.39, 0.29) is 23.8 Å². The summed E-state index contributed by atoms with van der Waals surface area (Å²) in [6.45, 7) is 0.465. The smallest absolute Gasteiger partial charge is 0.330 e. The Balaban J connectivity index is 1.61. The summed E-state index contributed by atoms with van der Waals surface area (Å²) in [5.74, 6) is -1.75. The summed E-state index contributed by atoms with van der Waals surface area (Å²) in [7, 11) is 0. The van der Waals surface area contributed by atoms with Crippen molar-refractivity contribution in [1.82, 2.24) is 15.0 Å². The number of nitrogens with two attached hydrogens (primary N) is 1. The Kier molecular flexibility index (Phi) is 3.98. The second-order valence-corrected chi connectivity index (χ2v) is 6.74. The van der Waals surface area contributed by atoms with E-state index in [1.165, 1.54) is 6.07 Å². The zero-order valence-corrected chi connectivity index (χ0v) is 13.8. The average molecular weight is 366 g/mol. The van der Waals surface area contributed by atoms with E-state index in [4.69, 9.17) is 5.73 Å². The van der Waals surface area contributed by atoms with Gasteiger partial charge in [0.2, 0.25) is 5.82 Å². The van der Waals surface area contributed by atoms with Crippen molar-refractivity contribution in [2.45, 2.75) is 50.5 Å². The van der Waals surface area contributed by atoms with Gasteiger partial charge in [0.25, 0.3) is 5.91 Å². The number of benzene rings is 1. The third-order valence-electron chi connectivity index (χ3n) is 5.05. The van der Waals surface area contributed by atoms with Crippen LogP contribution in [0.5, 0.6) is 0 Å². The van der Waals surface area contributed by atoms with Crippen LogP contribution in [0.4, 0.5) is 13.2 Å². The van der Waals surface area contributed by atoms with Crippen molar-refractivity contribution in [2.75, 3.05) is 0 Å². The highest BCUT2D eigenvalue weighted by atomic mass is 19.4. The van der Waals surface area contributed by atoms with Gasteiger partial charge >= 0.3 is 12.1 Å². The molecule has 2 N–H and O–H groups in total. The molecule has 26 heavy (non-hydrogen) atoms. The van der Waals surface area contributed by atoms with Crippen molar-refractivity contribution < 1.29 is 22.5 Å². The highest BCUT2D eigenvalue weighted by Crippen LogP contribution is 2.34. The molecule has 138 valence electrons. The van der Waals surface area contributed by atoms with Gasteiger partial charge in [0, 0.05) is 29.8 Å². The number of carbonyl (C=O) groups is 1. The number of aromatic nitrogens is 2. The molecule has 2 aliphatic rings. The number of nitrogens with zero attached hydrogens (tertiary/aromatic N) is 3. The van der Waals surface area contributed by atoms with Crippen molar-refractivity contribution in [3.8, 4) is 11.4 Å². The van der Waals surface area contributed by atoms with Crippen molar-refractivity contribution in [3.05, 3.63) is 35.2 Å². The minimum Gasteiger partial charge on any atom is -0.330 e. The van der Waals surface area contributed by atoms with Crippen LogP contribution in [-0.2, 0) is 12.7 Å². The van der Waals surface area contributed by atoms with Crippen LogP contribution in [0.1, 0.15) is 47.5 Å². The average Bonchev–Trinajstić information content (AvgIpc) is 3.21. The predicted octanol–water partition coefficient (Wildman–Crippen LogP) is 2.98. The van der Waals surface area contributed by atoms with Gasteiger partial charge in [0.15, 0.2) is 0 Å². The summed E-state index contributed by atoms with van der Waals surface area (Å²) >= 11 is 0. The number of fused-ring (bicyclic) bond motifs is 1. The standard InChI is InChI=1S/C17H17F3N4O2/c18-17(19,20)16-22-14(23-26-16)9-5-6-10-8-24(15(25)11(10)7-9)13-4-2-1-3-12(13)21/h5-7,12-13H,1-4,8,21H2/t12?,13-/m1/s1. The SMILES string of the molecule is NC1CCCC[C@H]1N1Cc2ccc(-c3noc(C(F)(F)F)n3)cc2C1=O. The van der Waals surface area contributed by atoms with Gasteiger partial charge in [-0.05, 0) is 24.5 Å². The Bertz CT molecular complexity index is 849. The molecule has 0 radical (unpaired) electrons. The molecule has 0 bridgehead atoms. The van der Waals surface area contributed by atoms with Gasteiger partial charge in [0.05, 0.1) is 0 Å². The summed E-state index contributed by atoms with van der Waals surface area (Å²) in [6.07, 6.45) is -0.846. The quantitative estimate of drug-likeness (QED) is 0.883. The third-order valence-corrected chi connectivity index (χ3v) is 5.05. The lowest BCUT2D eigenvalue weighted by Gasteiger charge is -2.35. The summed E-state index contributed by atoms with van der Waals surface area (Å²) in [5.41, 5.74) is 7.79. The van der Waals surface area contributed by atoms with Crippen LogP contribution < -0.4 is 5.73 Å². The molecule has 0 spiro atoms. The van der Waals surface area contributed by atoms with Gasteiger partial charge in [-0.25, -0.2) is 0 Å². The lowest BCUT2D eigenvalue weighted by atomic mass is 9.90. The maximum atomic E-state index is 12.8. The first-order valence-electron chi connectivity index (χ1n) is 8.45. The lowest BCUT2D eigenvalue weighted by molar-refractivity contribution is -0.159. The second kappa shape index (κ2) is 6.08. The van der Waals surface area contributed by atoms with E-state index in [1.807, 2.05) is 0 Å². The molecular formula is C17H17F3N4O2. The van der Waals surface area contributed by atoms with Crippen LogP contribution >= 0.6 is 0 Å². The number of carbonyl (C=O) groups excluding carboxylic acids is 1. The first kappa shape index (κ1) is 17.0. The molecular weight excluding hydrogens is 349 g/mol. The van der Waals surface area contributed by atoms with Gasteiger partial charge in [-0.2, -0.15) is 18.2 Å². The maximum absolute atomic E-state index is 12.8. The highest BCUT2D eigenvalue weighted by molar-refractivity contribution is 5.99. The van der Waals surface area contributed by atoms with Gasteiger partial charge in [0.1, 0.15) is 0 Å². The van der Waals surface area contributed by atoms with Crippen molar-refractivity contribution >= 4 is 5.91 Å². The highest BCUT2D eigenvalue weighted by Gasteiger charge is 2.39. The summed E-state index contributed by atoms with van der Waals surface area (Å²) < 4.78 is 42.1. The third kappa shape index (κ3) is 2.86. The van der Waals surface area contributed by atoms with E-state index < -0.39 is 12.1 Å². The maximum Gasteiger partial charge on any atom is 0.471 e. The molecule has 9 heteroatoms. The molecule has 6 nitrogen and oxygen atoms in total. The van der Waals surface area contributed by atoms with Gasteiger partial charge in [-0.1, -0.05) is 30.1 Å². The van der Waals surface area contributed by atoms with E-state index in [0.717, 1.165) is 31.2 Å². The van der Waals surface area contributed by atoms with Crippen molar-refractivity contribution in [1.29, 1.82) is 0 Å². The fourth-order valence-corrected chi connectivity index (χ4v) is 3.71. The fraction of sp³-hybridized carbons (Fsp3) is 0.471. The van der Waals surface area contributed by atoms with E-state index in [1.54, 1.807) is 17.0 Å². The van der Waals surface area contributed by atoms with Crippen molar-refractivity contribution in [2.24, 2.45) is 5.73 Å². The van der Waals surface area contributed by atoms with Crippen LogP contribution in [0.25, 0.3) is 11.4 Å². The fourth-order valence-electron chi connectivity index (χ4n) is 3.71. The molecule has 1 fully saturated rings. The monoisotopic (exact) mass is 366 g/mol. The molecule has 1 aliphatic carbocycles. The topological polar surface area (TPSA) is 85.2 Å². The lowest BCUT2D eigenvalue weighted by Crippen LogP contribution is -2.49. The number of rotatable bonds is 2. The van der Waals surface area contributed by atoms with Gasteiger partial charge < -0.3 is 15.2 Å². The largest absolute Gasteiger partial charge is 0.471 e. The van der Waals surface area contributed by atoms with Crippen LogP contribution in [0, 0.1) is 0 Å². The Morgan fingerprint density at radius 1 is 1.23 bits per heavy atom. The second-order valence-electron chi connectivity index (χ2n) is 6.74. The zero-order valence-electron chi connectivity index (χ0n) is 13.8. The normalized spacial score (nSPS) is 23.4. The van der Waals surface area contributed by atoms with Crippen LogP contribution in [0.2, 0.25) is 0 Å². The molecule has 1 unspecified atom stereocenters. The Morgan fingerprint density at radius 2 is 2.00 bits per heavy atom. The molecule has 0 saturated heterocycles. The van der Waals surface area contributed by atoms with Gasteiger partial charge in [-0.15, -0.1) is 0 Å². The summed E-state index contributed by atoms with van der Waals surface area (Å²) in [4.78, 5) is 18.0. The number of hydrogen-bond acceptors (Lipinski definition) is 5. The molecule has 1 aromatic carbocycles. The zero-order chi connectivity index (χ0) is 18.5. The molecule has 1 saturated carbocycles. The van der Waals surface area contributed by atoms with Gasteiger partial charge in [-0.3, -0.25) is 4.79 Å². The number of hydrogen-bond donors (Lipinski definition) is 1. The van der Waals surface area contributed by atoms with E-state index in [2.05, 4.69) is 14.7 Å². The number of halogens is 3. The first-order valence-corrected chi connectivity index (χ1v) is 8.45. The minimum absolute atomic E-state index is 0.00546.